The Kier molecular flexibility index (Phi) is 4.94. The van der Waals surface area contributed by atoms with Crippen molar-refractivity contribution in [3.63, 3.8) is 0 Å². The van der Waals surface area contributed by atoms with Crippen LogP contribution in [0.4, 0.5) is 0 Å². The maximum atomic E-state index is 12.7. The summed E-state index contributed by atoms with van der Waals surface area (Å²) in [5.41, 5.74) is 2.29. The van der Waals surface area contributed by atoms with Crippen LogP contribution in [0.5, 0.6) is 5.75 Å². The first-order valence-electron chi connectivity index (χ1n) is 9.66. The third kappa shape index (κ3) is 3.79. The van der Waals surface area contributed by atoms with E-state index in [1.165, 1.54) is 5.56 Å². The molecule has 0 unspecified atom stereocenters. The van der Waals surface area contributed by atoms with Crippen LogP contribution < -0.4 is 10.3 Å². The van der Waals surface area contributed by atoms with Gasteiger partial charge in [0.15, 0.2) is 5.82 Å². The maximum Gasteiger partial charge on any atom is 0.259 e. The van der Waals surface area contributed by atoms with Gasteiger partial charge in [0, 0.05) is 18.6 Å². The van der Waals surface area contributed by atoms with Gasteiger partial charge < -0.3 is 9.72 Å². The van der Waals surface area contributed by atoms with Gasteiger partial charge in [-0.2, -0.15) is 0 Å². The topological polar surface area (TPSA) is 80.8 Å². The van der Waals surface area contributed by atoms with Crippen molar-refractivity contribution in [1.29, 1.82) is 0 Å². The van der Waals surface area contributed by atoms with Crippen molar-refractivity contribution < 1.29 is 4.74 Å². The molecule has 4 aromatic heterocycles. The zero-order chi connectivity index (χ0) is 20.3. The Morgan fingerprint density at radius 3 is 2.87 bits per heavy atom. The standard InChI is InChI=1S/C23H18N4O2S/c28-23-18-13-17(29-10-1-2-15-5-8-24-9-6-15)3-4-19(18)26-22(27-23)20-12-16-7-11-30-21(16)14-25-20/h3-9,11-14H,1-2,10H2,(H,26,27,28). The van der Waals surface area contributed by atoms with Crippen LogP contribution in [0.1, 0.15) is 12.0 Å². The van der Waals surface area contributed by atoms with Gasteiger partial charge in [-0.1, -0.05) is 0 Å². The Hall–Kier alpha value is -3.58. The van der Waals surface area contributed by atoms with E-state index in [-0.39, 0.29) is 5.56 Å². The van der Waals surface area contributed by atoms with Crippen molar-refractivity contribution in [2.24, 2.45) is 0 Å². The molecule has 0 fully saturated rings. The fraction of sp³-hybridized carbons (Fsp3) is 0.130. The highest BCUT2D eigenvalue weighted by atomic mass is 32.1. The molecule has 5 aromatic rings. The number of pyridine rings is 2. The van der Waals surface area contributed by atoms with Gasteiger partial charge in [0.25, 0.3) is 5.56 Å². The van der Waals surface area contributed by atoms with Crippen molar-refractivity contribution in [2.45, 2.75) is 12.8 Å². The van der Waals surface area contributed by atoms with Crippen molar-refractivity contribution in [1.82, 2.24) is 19.9 Å². The summed E-state index contributed by atoms with van der Waals surface area (Å²) in [7, 11) is 0. The quantitative estimate of drug-likeness (QED) is 0.411. The van der Waals surface area contributed by atoms with Crippen LogP contribution in [-0.2, 0) is 6.42 Å². The molecule has 0 aliphatic carbocycles. The fourth-order valence-corrected chi connectivity index (χ4v) is 4.08. The van der Waals surface area contributed by atoms with E-state index in [1.807, 2.05) is 48.0 Å². The number of nitrogens with zero attached hydrogens (tertiary/aromatic N) is 3. The van der Waals surface area contributed by atoms with Crippen LogP contribution in [-0.4, -0.2) is 26.5 Å². The molecule has 0 radical (unpaired) electrons. The minimum Gasteiger partial charge on any atom is -0.494 e. The minimum absolute atomic E-state index is 0.204. The molecule has 6 nitrogen and oxygen atoms in total. The van der Waals surface area contributed by atoms with Crippen LogP contribution >= 0.6 is 11.3 Å². The summed E-state index contributed by atoms with van der Waals surface area (Å²) in [5, 5.41) is 3.61. The molecule has 0 spiro atoms. The van der Waals surface area contributed by atoms with Crippen molar-refractivity contribution in [2.75, 3.05) is 6.61 Å². The Labute approximate surface area is 176 Å². The lowest BCUT2D eigenvalue weighted by Crippen LogP contribution is -2.10. The molecular weight excluding hydrogens is 396 g/mol. The normalized spacial score (nSPS) is 11.2. The summed E-state index contributed by atoms with van der Waals surface area (Å²) in [4.78, 5) is 28.6. The molecule has 148 valence electrons. The molecule has 0 amide bonds. The van der Waals surface area contributed by atoms with E-state index < -0.39 is 0 Å². The van der Waals surface area contributed by atoms with Gasteiger partial charge in [-0.3, -0.25) is 14.8 Å². The van der Waals surface area contributed by atoms with E-state index in [0.29, 0.717) is 34.8 Å². The molecule has 0 aliphatic heterocycles. The first-order chi connectivity index (χ1) is 14.8. The van der Waals surface area contributed by atoms with E-state index in [0.717, 1.165) is 22.9 Å². The lowest BCUT2D eigenvalue weighted by Gasteiger charge is -2.08. The summed E-state index contributed by atoms with van der Waals surface area (Å²) in [6, 6.07) is 13.4. The van der Waals surface area contributed by atoms with E-state index in [9.17, 15) is 4.79 Å². The van der Waals surface area contributed by atoms with Crippen LogP contribution in [0.3, 0.4) is 0 Å². The number of nitrogens with one attached hydrogen (secondary N) is 1. The number of H-pyrrole nitrogens is 1. The number of aromatic amines is 1. The van der Waals surface area contributed by atoms with Gasteiger partial charge in [0.05, 0.1) is 22.2 Å². The number of aromatic nitrogens is 4. The van der Waals surface area contributed by atoms with Gasteiger partial charge in [-0.05, 0) is 71.6 Å². The molecule has 5 rings (SSSR count). The van der Waals surface area contributed by atoms with Crippen LogP contribution in [0, 0.1) is 0 Å². The molecule has 4 heterocycles. The molecule has 7 heteroatoms. The highest BCUT2D eigenvalue weighted by molar-refractivity contribution is 7.17. The summed E-state index contributed by atoms with van der Waals surface area (Å²) in [6.45, 7) is 0.571. The van der Waals surface area contributed by atoms with Crippen molar-refractivity contribution in [3.8, 4) is 17.3 Å². The van der Waals surface area contributed by atoms with Gasteiger partial charge in [0.2, 0.25) is 0 Å². The molecule has 0 saturated carbocycles. The third-order valence-corrected chi connectivity index (χ3v) is 5.75. The molecule has 30 heavy (non-hydrogen) atoms. The maximum absolute atomic E-state index is 12.7. The second-order valence-electron chi connectivity index (χ2n) is 6.93. The zero-order valence-corrected chi connectivity index (χ0v) is 16.9. The molecule has 1 N–H and O–H groups in total. The van der Waals surface area contributed by atoms with Crippen LogP contribution in [0.2, 0.25) is 0 Å². The fourth-order valence-electron chi connectivity index (χ4n) is 3.34. The zero-order valence-electron chi connectivity index (χ0n) is 16.0. The van der Waals surface area contributed by atoms with Crippen molar-refractivity contribution in [3.05, 3.63) is 82.4 Å². The number of hydrogen-bond acceptors (Lipinski definition) is 6. The van der Waals surface area contributed by atoms with Gasteiger partial charge >= 0.3 is 0 Å². The lowest BCUT2D eigenvalue weighted by molar-refractivity contribution is 0.311. The molecule has 0 aliphatic rings. The number of rotatable bonds is 6. The van der Waals surface area contributed by atoms with E-state index in [4.69, 9.17) is 4.74 Å². The van der Waals surface area contributed by atoms with E-state index in [2.05, 4.69) is 19.9 Å². The Morgan fingerprint density at radius 2 is 1.97 bits per heavy atom. The molecular formula is C23H18N4O2S. The predicted octanol–water partition coefficient (Wildman–Crippen LogP) is 4.61. The summed E-state index contributed by atoms with van der Waals surface area (Å²) in [5.74, 6) is 1.13. The Bertz CT molecular complexity index is 1380. The summed E-state index contributed by atoms with van der Waals surface area (Å²) in [6.07, 6.45) is 7.19. The van der Waals surface area contributed by atoms with Gasteiger partial charge in [0.1, 0.15) is 11.4 Å². The Balaban J connectivity index is 1.34. The highest BCUT2D eigenvalue weighted by Crippen LogP contribution is 2.24. The van der Waals surface area contributed by atoms with Gasteiger partial charge in [-0.25, -0.2) is 4.98 Å². The lowest BCUT2D eigenvalue weighted by atomic mass is 10.1. The second-order valence-corrected chi connectivity index (χ2v) is 7.88. The first-order valence-corrected chi connectivity index (χ1v) is 10.5. The summed E-state index contributed by atoms with van der Waals surface area (Å²) < 4.78 is 6.94. The number of thiophene rings is 1. The molecule has 0 saturated heterocycles. The highest BCUT2D eigenvalue weighted by Gasteiger charge is 2.09. The molecule has 0 bridgehead atoms. The third-order valence-electron chi connectivity index (χ3n) is 4.89. The SMILES string of the molecule is O=c1[nH]c(-c2cc3ccsc3cn2)nc2ccc(OCCCc3ccncc3)cc12. The van der Waals surface area contributed by atoms with E-state index in [1.54, 1.807) is 29.8 Å². The average molecular weight is 414 g/mol. The minimum atomic E-state index is -0.204. The second kappa shape index (κ2) is 8.04. The number of hydrogen-bond donors (Lipinski definition) is 1. The van der Waals surface area contributed by atoms with E-state index >= 15 is 0 Å². The first kappa shape index (κ1) is 18.4. The summed E-state index contributed by atoms with van der Waals surface area (Å²) >= 11 is 1.63. The number of fused-ring (bicyclic) bond motifs is 2. The van der Waals surface area contributed by atoms with Crippen molar-refractivity contribution >= 4 is 32.3 Å². The largest absolute Gasteiger partial charge is 0.494 e. The number of aryl methyl sites for hydroxylation is 1. The molecule has 0 atom stereocenters. The van der Waals surface area contributed by atoms with Gasteiger partial charge in [-0.15, -0.1) is 11.3 Å². The average Bonchev–Trinajstić information content (AvgIpc) is 3.25. The monoisotopic (exact) mass is 414 g/mol. The van der Waals surface area contributed by atoms with Crippen LogP contribution in [0.25, 0.3) is 32.5 Å². The van der Waals surface area contributed by atoms with Crippen LogP contribution in [0.15, 0.2) is 71.2 Å². The molecule has 1 aromatic carbocycles. The predicted molar refractivity (Wildman–Crippen MR) is 119 cm³/mol. The Morgan fingerprint density at radius 1 is 1.07 bits per heavy atom. The number of ether oxygens (including phenoxy) is 1. The number of benzene rings is 1. The smallest absolute Gasteiger partial charge is 0.259 e.